The number of benzene rings is 4. The van der Waals surface area contributed by atoms with E-state index in [0.717, 1.165) is 27.6 Å². The molecule has 0 aliphatic carbocycles. The van der Waals surface area contributed by atoms with Crippen molar-refractivity contribution < 1.29 is 9.90 Å². The van der Waals surface area contributed by atoms with Crippen LogP contribution in [0.5, 0.6) is 0 Å². The number of aromatic amines is 5. The van der Waals surface area contributed by atoms with E-state index < -0.39 is 5.97 Å². The number of hydrogen-bond acceptors (Lipinski definition) is 12. The maximum Gasteiger partial charge on any atom is 0.335 e. The van der Waals surface area contributed by atoms with Crippen LogP contribution in [-0.2, 0) is 0 Å². The standard InChI is InChI=1S/C7H5N3O2.C7H7N3.C7H5NS.C6H5N3.C4H5N.CH2N4/c11-7(12)4-1-2-5-6(3-4)9-10-8-5;1-5-2-3-6-7(4-5)9-10-8-6;1-2-4-7-6(3-1)8-5-9-7;1-2-4-6-5(3-1)7-9-8-6;2*1-2-4-5-3-1/h1-3H,(H,11,12)(H,8,9,10);2-4H,1H3,(H,8,9,10);1-5H;1-4H,(H,7,8,9);1-5H;1H,(H,2,3,4,5). The zero-order valence-corrected chi connectivity index (χ0v) is 27.1. The molecule has 0 unspecified atom stereocenters. The number of carboxylic acids is 1. The molecule has 0 radical (unpaired) electrons. The van der Waals surface area contributed by atoms with Gasteiger partial charge in [-0.15, -0.1) is 21.5 Å². The first kappa shape index (κ1) is 34.1. The van der Waals surface area contributed by atoms with E-state index in [4.69, 9.17) is 5.11 Å². The minimum absolute atomic E-state index is 0.219. The number of thiazole rings is 1. The Morgan fingerprint density at radius 3 is 1.70 bits per heavy atom. The Balaban J connectivity index is 0.000000119. The lowest BCUT2D eigenvalue weighted by atomic mass is 10.2. The number of tetrazole rings is 1. The van der Waals surface area contributed by atoms with Crippen LogP contribution < -0.4 is 0 Å². The summed E-state index contributed by atoms with van der Waals surface area (Å²) in [6.07, 6.45) is 5.08. The maximum absolute atomic E-state index is 10.5. The summed E-state index contributed by atoms with van der Waals surface area (Å²) in [5, 5.41) is 51.5. The smallest absolute Gasteiger partial charge is 0.335 e. The highest BCUT2D eigenvalue weighted by Crippen LogP contribution is 2.15. The molecule has 0 amide bonds. The third-order valence-corrected chi connectivity index (χ3v) is 7.07. The van der Waals surface area contributed by atoms with Crippen LogP contribution in [0.3, 0.4) is 0 Å². The van der Waals surface area contributed by atoms with Crippen LogP contribution >= 0.6 is 11.3 Å². The summed E-state index contributed by atoms with van der Waals surface area (Å²) < 4.78 is 1.26. The Hall–Kier alpha value is -7.21. The van der Waals surface area contributed by atoms with Gasteiger partial charge in [0.1, 0.15) is 33.1 Å². The Morgan fingerprint density at radius 2 is 1.18 bits per heavy atom. The van der Waals surface area contributed by atoms with Crippen molar-refractivity contribution >= 4 is 60.6 Å². The molecule has 0 aliphatic rings. The third kappa shape index (κ3) is 10.4. The number of aryl methyl sites for hydroxylation is 1. The van der Waals surface area contributed by atoms with Crippen molar-refractivity contribution in [1.82, 2.24) is 76.8 Å². The van der Waals surface area contributed by atoms with Gasteiger partial charge in [0.15, 0.2) is 6.33 Å². The fourth-order valence-electron chi connectivity index (χ4n) is 3.92. The normalized spacial score (nSPS) is 9.86. The Morgan fingerprint density at radius 1 is 0.620 bits per heavy atom. The summed E-state index contributed by atoms with van der Waals surface area (Å²) in [6, 6.07) is 30.3. The Kier molecular flexibility index (Phi) is 12.4. The minimum atomic E-state index is -0.958. The van der Waals surface area contributed by atoms with Crippen molar-refractivity contribution in [1.29, 1.82) is 0 Å². The molecule has 0 atom stereocenters. The van der Waals surface area contributed by atoms with Crippen LogP contribution in [0, 0.1) is 6.92 Å². The van der Waals surface area contributed by atoms with Gasteiger partial charge in [0, 0.05) is 12.4 Å². The number of para-hydroxylation sites is 3. The molecule has 17 nitrogen and oxygen atoms in total. The molecule has 6 heterocycles. The van der Waals surface area contributed by atoms with Crippen LogP contribution in [0.15, 0.2) is 121 Å². The van der Waals surface area contributed by atoms with E-state index in [1.807, 2.05) is 97.6 Å². The molecule has 18 heteroatoms. The zero-order valence-electron chi connectivity index (χ0n) is 26.3. The van der Waals surface area contributed by atoms with Gasteiger partial charge in [0.25, 0.3) is 0 Å². The number of carbonyl (C=O) groups is 1. The van der Waals surface area contributed by atoms with Crippen LogP contribution in [-0.4, -0.2) is 87.9 Å². The van der Waals surface area contributed by atoms with Gasteiger partial charge in [-0.3, -0.25) is 0 Å². The number of fused-ring (bicyclic) bond motifs is 4. The molecule has 10 rings (SSSR count). The Bertz CT molecular complexity index is 2230. The first-order valence-corrected chi connectivity index (χ1v) is 15.5. The summed E-state index contributed by atoms with van der Waals surface area (Å²) in [5.41, 5.74) is 9.31. The fraction of sp³-hybridized carbons (Fsp3) is 0.0312. The first-order chi connectivity index (χ1) is 24.6. The molecule has 6 aromatic heterocycles. The van der Waals surface area contributed by atoms with Gasteiger partial charge in [-0.2, -0.15) is 51.4 Å². The number of hydrogen-bond donors (Lipinski definition) is 6. The largest absolute Gasteiger partial charge is 0.478 e. The topological polar surface area (TPSA) is 245 Å². The third-order valence-electron chi connectivity index (χ3n) is 6.26. The van der Waals surface area contributed by atoms with Crippen molar-refractivity contribution in [3.63, 3.8) is 0 Å². The summed E-state index contributed by atoms with van der Waals surface area (Å²) in [4.78, 5) is 17.5. The lowest BCUT2D eigenvalue weighted by Gasteiger charge is -1.90. The predicted octanol–water partition coefficient (Wildman–Crippen LogP) is 5.39. The van der Waals surface area contributed by atoms with Crippen LogP contribution in [0.1, 0.15) is 15.9 Å². The molecule has 10 aromatic rings. The molecule has 250 valence electrons. The number of carboxylic acid groups (broad SMARTS) is 1. The monoisotopic (exact) mass is 687 g/mol. The van der Waals surface area contributed by atoms with Crippen molar-refractivity contribution in [3.8, 4) is 0 Å². The SMILES string of the molecule is Cc1ccc2n[nH]nc2c1.O=C(O)c1ccc2n[nH]nc2c1.c1cc[nH]c1.c1ccc2n[nH]nc2c1.c1ccc2scnc2c1.c1nn[nH]n1. The molecule has 6 N–H and O–H groups in total. The molecule has 4 aromatic carbocycles. The van der Waals surface area contributed by atoms with E-state index in [0.29, 0.717) is 11.0 Å². The van der Waals surface area contributed by atoms with Gasteiger partial charge in [-0.25, -0.2) is 9.78 Å². The van der Waals surface area contributed by atoms with Crippen molar-refractivity contribution in [2.45, 2.75) is 6.92 Å². The lowest BCUT2D eigenvalue weighted by molar-refractivity contribution is 0.0697. The molecule has 0 saturated carbocycles. The molecule has 0 spiro atoms. The highest BCUT2D eigenvalue weighted by atomic mass is 32.1. The quantitative estimate of drug-likeness (QED) is 0.127. The summed E-state index contributed by atoms with van der Waals surface area (Å²) in [7, 11) is 0. The van der Waals surface area contributed by atoms with E-state index in [1.165, 1.54) is 28.7 Å². The molecule has 0 bridgehead atoms. The first-order valence-electron chi connectivity index (χ1n) is 14.7. The molecule has 0 aliphatic heterocycles. The summed E-state index contributed by atoms with van der Waals surface area (Å²) in [6.45, 7) is 2.04. The van der Waals surface area contributed by atoms with Crippen LogP contribution in [0.25, 0.3) is 43.3 Å². The lowest BCUT2D eigenvalue weighted by Crippen LogP contribution is -1.94. The number of H-pyrrole nitrogens is 5. The number of nitrogens with one attached hydrogen (secondary N) is 5. The molecule has 50 heavy (non-hydrogen) atoms. The van der Waals surface area contributed by atoms with Crippen LogP contribution in [0.2, 0.25) is 0 Å². The summed E-state index contributed by atoms with van der Waals surface area (Å²) in [5.74, 6) is -0.958. The second kappa shape index (κ2) is 18.2. The van der Waals surface area contributed by atoms with E-state index >= 15 is 0 Å². The molecular formula is C32H29N15O2S. The van der Waals surface area contributed by atoms with Gasteiger partial charge < -0.3 is 10.1 Å². The van der Waals surface area contributed by atoms with E-state index in [1.54, 1.807) is 17.4 Å². The van der Waals surface area contributed by atoms with Gasteiger partial charge in [-0.1, -0.05) is 35.5 Å². The van der Waals surface area contributed by atoms with Gasteiger partial charge >= 0.3 is 5.97 Å². The minimum Gasteiger partial charge on any atom is -0.478 e. The molecule has 0 fully saturated rings. The van der Waals surface area contributed by atoms with Crippen LogP contribution in [0.4, 0.5) is 0 Å². The number of aromatic nitrogens is 15. The van der Waals surface area contributed by atoms with E-state index in [2.05, 4.69) is 82.9 Å². The van der Waals surface area contributed by atoms with E-state index in [9.17, 15) is 4.79 Å². The predicted molar refractivity (Wildman–Crippen MR) is 188 cm³/mol. The average molecular weight is 688 g/mol. The second-order valence-corrected chi connectivity index (χ2v) is 10.6. The second-order valence-electron chi connectivity index (χ2n) is 9.73. The van der Waals surface area contributed by atoms with Crippen molar-refractivity contribution in [2.75, 3.05) is 0 Å². The Labute approximate surface area is 286 Å². The van der Waals surface area contributed by atoms with Crippen molar-refractivity contribution in [3.05, 3.63) is 132 Å². The maximum atomic E-state index is 10.5. The number of nitrogens with zero attached hydrogens (tertiary/aromatic N) is 10. The van der Waals surface area contributed by atoms with E-state index in [-0.39, 0.29) is 5.56 Å². The highest BCUT2D eigenvalue weighted by Gasteiger charge is 2.04. The van der Waals surface area contributed by atoms with Gasteiger partial charge in [-0.05, 0) is 79.2 Å². The average Bonchev–Trinajstić information content (AvgIpc) is 4.01. The van der Waals surface area contributed by atoms with Gasteiger partial charge in [0.2, 0.25) is 0 Å². The highest BCUT2D eigenvalue weighted by molar-refractivity contribution is 7.16. The van der Waals surface area contributed by atoms with Gasteiger partial charge in [0.05, 0.1) is 21.3 Å². The molecule has 0 saturated heterocycles. The van der Waals surface area contributed by atoms with Crippen molar-refractivity contribution in [2.24, 2.45) is 0 Å². The zero-order chi connectivity index (χ0) is 34.8. The number of rotatable bonds is 1. The fourth-order valence-corrected chi connectivity index (χ4v) is 4.60. The summed E-state index contributed by atoms with van der Waals surface area (Å²) >= 11 is 1.68. The molecular weight excluding hydrogens is 659 g/mol. The number of aromatic carboxylic acids is 1.